The van der Waals surface area contributed by atoms with E-state index in [-0.39, 0.29) is 0 Å². The number of nitrogens with zero attached hydrogens (tertiary/aromatic N) is 3. The van der Waals surface area contributed by atoms with E-state index in [1.807, 2.05) is 19.9 Å². The van der Waals surface area contributed by atoms with Gasteiger partial charge in [-0.05, 0) is 44.2 Å². The second kappa shape index (κ2) is 9.54. The van der Waals surface area contributed by atoms with Crippen LogP contribution in [-0.2, 0) is 13.2 Å². The summed E-state index contributed by atoms with van der Waals surface area (Å²) >= 11 is 0. The van der Waals surface area contributed by atoms with E-state index < -0.39 is 0 Å². The Kier molecular flexibility index (Phi) is 6.59. The molecule has 0 N–H and O–H groups in total. The molecule has 2 heterocycles. The zero-order valence-corrected chi connectivity index (χ0v) is 18.8. The topological polar surface area (TPSA) is 51.0 Å². The molecule has 0 saturated carbocycles. The number of aryl methyl sites for hydroxylation is 2. The molecular weight excluding hydrogens is 390 g/mol. The molecule has 31 heavy (non-hydrogen) atoms. The minimum absolute atomic E-state index is 0.376. The highest BCUT2D eigenvalue weighted by atomic mass is 16.5. The lowest BCUT2D eigenvalue weighted by Crippen LogP contribution is -2.46. The van der Waals surface area contributed by atoms with Gasteiger partial charge in [0, 0.05) is 32.2 Å². The SMILES string of the molecule is COc1cc(CN2CCN(C)C[C@@H]2c2ccccc2)ccc1OCc1c(C)noc1C. The number of hydrogen-bond donors (Lipinski definition) is 0. The van der Waals surface area contributed by atoms with E-state index in [9.17, 15) is 0 Å². The average Bonchev–Trinajstić information content (AvgIpc) is 3.11. The molecule has 2 aromatic carbocycles. The number of hydrogen-bond acceptors (Lipinski definition) is 6. The normalized spacial score (nSPS) is 17.6. The van der Waals surface area contributed by atoms with Crippen molar-refractivity contribution in [1.82, 2.24) is 15.0 Å². The van der Waals surface area contributed by atoms with Gasteiger partial charge in [0.25, 0.3) is 0 Å². The summed E-state index contributed by atoms with van der Waals surface area (Å²) in [6.45, 7) is 8.23. The largest absolute Gasteiger partial charge is 0.493 e. The number of aromatic nitrogens is 1. The van der Waals surface area contributed by atoms with Crippen LogP contribution in [0.5, 0.6) is 11.5 Å². The highest BCUT2D eigenvalue weighted by molar-refractivity contribution is 5.43. The summed E-state index contributed by atoms with van der Waals surface area (Å²) in [6.07, 6.45) is 0. The maximum atomic E-state index is 6.04. The molecular formula is C25H31N3O3. The molecule has 0 spiro atoms. The Balaban J connectivity index is 1.49. The Morgan fingerprint density at radius 1 is 1.06 bits per heavy atom. The van der Waals surface area contributed by atoms with E-state index in [0.717, 1.165) is 54.7 Å². The highest BCUT2D eigenvalue weighted by Crippen LogP contribution is 2.32. The first kappa shape index (κ1) is 21.4. The number of piperazine rings is 1. The number of ether oxygens (including phenoxy) is 2. The summed E-state index contributed by atoms with van der Waals surface area (Å²) in [6, 6.07) is 17.4. The van der Waals surface area contributed by atoms with Crippen LogP contribution >= 0.6 is 0 Å². The van der Waals surface area contributed by atoms with Gasteiger partial charge in [-0.2, -0.15) is 0 Å². The van der Waals surface area contributed by atoms with E-state index >= 15 is 0 Å². The predicted molar refractivity (Wildman–Crippen MR) is 120 cm³/mol. The molecule has 164 valence electrons. The molecule has 3 aromatic rings. The third kappa shape index (κ3) is 4.92. The zero-order chi connectivity index (χ0) is 21.8. The first-order valence-electron chi connectivity index (χ1n) is 10.7. The predicted octanol–water partition coefficient (Wildman–Crippen LogP) is 4.37. The van der Waals surface area contributed by atoms with Crippen molar-refractivity contribution in [2.75, 3.05) is 33.8 Å². The van der Waals surface area contributed by atoms with E-state index in [2.05, 4.69) is 64.5 Å². The van der Waals surface area contributed by atoms with Crippen molar-refractivity contribution in [2.45, 2.75) is 33.0 Å². The van der Waals surface area contributed by atoms with Crippen LogP contribution < -0.4 is 9.47 Å². The van der Waals surface area contributed by atoms with Gasteiger partial charge in [-0.3, -0.25) is 4.90 Å². The van der Waals surface area contributed by atoms with Crippen molar-refractivity contribution in [3.05, 3.63) is 76.7 Å². The fourth-order valence-corrected chi connectivity index (χ4v) is 4.16. The van der Waals surface area contributed by atoms with E-state index in [1.165, 1.54) is 11.1 Å². The lowest BCUT2D eigenvalue weighted by atomic mass is 10.0. The zero-order valence-electron chi connectivity index (χ0n) is 18.8. The van der Waals surface area contributed by atoms with E-state index in [1.54, 1.807) is 7.11 Å². The molecule has 1 saturated heterocycles. The van der Waals surface area contributed by atoms with Crippen molar-refractivity contribution >= 4 is 0 Å². The van der Waals surface area contributed by atoms with Gasteiger partial charge in [0.2, 0.25) is 0 Å². The van der Waals surface area contributed by atoms with Crippen LogP contribution in [0.4, 0.5) is 0 Å². The smallest absolute Gasteiger partial charge is 0.161 e. The number of likely N-dealkylation sites (N-methyl/N-ethyl adjacent to an activating group) is 1. The molecule has 0 aliphatic carbocycles. The van der Waals surface area contributed by atoms with Crippen LogP contribution in [0.15, 0.2) is 53.1 Å². The van der Waals surface area contributed by atoms with Crippen LogP contribution in [0.25, 0.3) is 0 Å². The Morgan fingerprint density at radius 3 is 2.58 bits per heavy atom. The number of rotatable bonds is 7. The Bertz CT molecular complexity index is 983. The average molecular weight is 422 g/mol. The summed E-state index contributed by atoms with van der Waals surface area (Å²) in [4.78, 5) is 4.95. The number of methoxy groups -OCH3 is 1. The monoisotopic (exact) mass is 421 g/mol. The summed E-state index contributed by atoms with van der Waals surface area (Å²) < 4.78 is 16.9. The molecule has 1 atom stereocenters. The molecule has 1 aliphatic heterocycles. The van der Waals surface area contributed by atoms with Crippen molar-refractivity contribution in [3.8, 4) is 11.5 Å². The number of benzene rings is 2. The Hall–Kier alpha value is -2.83. The maximum absolute atomic E-state index is 6.04. The summed E-state index contributed by atoms with van der Waals surface area (Å²) in [5, 5.41) is 3.99. The minimum Gasteiger partial charge on any atom is -0.493 e. The van der Waals surface area contributed by atoms with Crippen molar-refractivity contribution in [3.63, 3.8) is 0 Å². The van der Waals surface area contributed by atoms with Crippen molar-refractivity contribution in [2.24, 2.45) is 0 Å². The van der Waals surface area contributed by atoms with Crippen LogP contribution in [0.2, 0.25) is 0 Å². The van der Waals surface area contributed by atoms with Crippen LogP contribution in [0.3, 0.4) is 0 Å². The third-order valence-electron chi connectivity index (χ3n) is 6.05. The molecule has 1 aliphatic rings. The standard InChI is InChI=1S/C25H31N3O3/c1-18-22(19(2)31-26-18)17-30-24-11-10-20(14-25(24)29-4)15-28-13-12-27(3)16-23(28)21-8-6-5-7-9-21/h5-11,14,23H,12-13,15-17H2,1-4H3/t23-/m1/s1. The van der Waals surface area contributed by atoms with Crippen LogP contribution in [0.1, 0.15) is 34.2 Å². The van der Waals surface area contributed by atoms with Crippen LogP contribution in [0, 0.1) is 13.8 Å². The summed E-state index contributed by atoms with van der Waals surface area (Å²) in [5.74, 6) is 2.26. The minimum atomic E-state index is 0.376. The highest BCUT2D eigenvalue weighted by Gasteiger charge is 2.26. The van der Waals surface area contributed by atoms with E-state index in [4.69, 9.17) is 14.0 Å². The molecule has 1 aromatic heterocycles. The van der Waals surface area contributed by atoms with Crippen LogP contribution in [-0.4, -0.2) is 48.7 Å². The van der Waals surface area contributed by atoms with Gasteiger partial charge in [-0.15, -0.1) is 0 Å². The first-order chi connectivity index (χ1) is 15.0. The van der Waals surface area contributed by atoms with Crippen molar-refractivity contribution in [1.29, 1.82) is 0 Å². The van der Waals surface area contributed by atoms with Gasteiger partial charge < -0.3 is 18.9 Å². The molecule has 0 radical (unpaired) electrons. The van der Waals surface area contributed by atoms with Gasteiger partial charge in [-0.25, -0.2) is 0 Å². The maximum Gasteiger partial charge on any atom is 0.161 e. The molecule has 4 rings (SSSR count). The lowest BCUT2D eigenvalue weighted by molar-refractivity contribution is 0.0833. The van der Waals surface area contributed by atoms with Gasteiger partial charge >= 0.3 is 0 Å². The third-order valence-corrected chi connectivity index (χ3v) is 6.05. The van der Waals surface area contributed by atoms with Crippen molar-refractivity contribution < 1.29 is 14.0 Å². The van der Waals surface area contributed by atoms with Gasteiger partial charge in [0.15, 0.2) is 11.5 Å². The van der Waals surface area contributed by atoms with E-state index in [0.29, 0.717) is 12.6 Å². The fraction of sp³-hybridized carbons (Fsp3) is 0.400. The molecule has 0 unspecified atom stereocenters. The summed E-state index contributed by atoms with van der Waals surface area (Å²) in [7, 11) is 3.88. The molecule has 0 amide bonds. The summed E-state index contributed by atoms with van der Waals surface area (Å²) in [5.41, 5.74) is 4.41. The van der Waals surface area contributed by atoms with Gasteiger partial charge in [-0.1, -0.05) is 41.6 Å². The lowest BCUT2D eigenvalue weighted by Gasteiger charge is -2.40. The second-order valence-corrected chi connectivity index (χ2v) is 8.24. The van der Waals surface area contributed by atoms with Gasteiger partial charge in [0.05, 0.1) is 18.4 Å². The molecule has 1 fully saturated rings. The van der Waals surface area contributed by atoms with Gasteiger partial charge in [0.1, 0.15) is 12.4 Å². The molecule has 6 heteroatoms. The Morgan fingerprint density at radius 2 is 1.87 bits per heavy atom. The Labute approximate surface area is 184 Å². The first-order valence-corrected chi connectivity index (χ1v) is 10.7. The molecule has 0 bridgehead atoms. The molecule has 6 nitrogen and oxygen atoms in total. The fourth-order valence-electron chi connectivity index (χ4n) is 4.16. The second-order valence-electron chi connectivity index (χ2n) is 8.24. The quantitative estimate of drug-likeness (QED) is 0.565.